The van der Waals surface area contributed by atoms with Crippen LogP contribution in [0.2, 0.25) is 0 Å². The summed E-state index contributed by atoms with van der Waals surface area (Å²) in [5.41, 5.74) is 2.01. The van der Waals surface area contributed by atoms with Crippen molar-refractivity contribution in [1.29, 1.82) is 0 Å². The number of ketones is 2. The molecule has 2 aromatic carbocycles. The van der Waals surface area contributed by atoms with E-state index in [9.17, 15) is 9.59 Å². The van der Waals surface area contributed by atoms with Gasteiger partial charge in [0, 0.05) is 18.2 Å². The van der Waals surface area contributed by atoms with Crippen molar-refractivity contribution in [2.75, 3.05) is 21.3 Å². The van der Waals surface area contributed by atoms with E-state index in [1.165, 1.54) is 14.2 Å². The molecule has 5 heteroatoms. The van der Waals surface area contributed by atoms with Crippen LogP contribution in [0.25, 0.3) is 0 Å². The monoisotopic (exact) mass is 312 g/mol. The second-order valence-corrected chi connectivity index (χ2v) is 5.19. The molecule has 0 aromatic heterocycles. The maximum Gasteiger partial charge on any atom is 0.201 e. The first-order valence-corrected chi connectivity index (χ1v) is 7.08. The molecule has 5 nitrogen and oxygen atoms in total. The third-order valence-electron chi connectivity index (χ3n) is 3.88. The third kappa shape index (κ3) is 2.29. The van der Waals surface area contributed by atoms with Crippen molar-refractivity contribution in [3.8, 4) is 11.5 Å². The molecule has 0 N–H and O–H groups in total. The van der Waals surface area contributed by atoms with Crippen molar-refractivity contribution in [2.24, 2.45) is 0 Å². The number of hydrogen-bond donors (Lipinski definition) is 0. The van der Waals surface area contributed by atoms with Gasteiger partial charge in [0.1, 0.15) is 11.5 Å². The second kappa shape index (κ2) is 5.85. The Kier molecular flexibility index (Phi) is 3.88. The summed E-state index contributed by atoms with van der Waals surface area (Å²) in [7, 11) is 4.52. The molecule has 0 saturated heterocycles. The SMILES string of the molecule is COCc1cc(OC)c2c(c1)C(=O)c1cccc(OC)c1C2=O. The summed E-state index contributed by atoms with van der Waals surface area (Å²) in [4.78, 5) is 25.8. The maximum atomic E-state index is 12.9. The number of carbonyl (C=O) groups excluding carboxylic acids is 2. The molecule has 0 atom stereocenters. The van der Waals surface area contributed by atoms with E-state index in [1.54, 1.807) is 37.4 Å². The van der Waals surface area contributed by atoms with Crippen molar-refractivity contribution < 1.29 is 23.8 Å². The fraction of sp³-hybridized carbons (Fsp3) is 0.222. The van der Waals surface area contributed by atoms with Gasteiger partial charge in [0.2, 0.25) is 5.78 Å². The first-order chi connectivity index (χ1) is 11.1. The van der Waals surface area contributed by atoms with Crippen LogP contribution in [-0.4, -0.2) is 32.9 Å². The van der Waals surface area contributed by atoms with E-state index >= 15 is 0 Å². The van der Waals surface area contributed by atoms with Crippen LogP contribution in [0.15, 0.2) is 30.3 Å². The summed E-state index contributed by atoms with van der Waals surface area (Å²) in [6, 6.07) is 8.40. The summed E-state index contributed by atoms with van der Waals surface area (Å²) >= 11 is 0. The van der Waals surface area contributed by atoms with Gasteiger partial charge in [0.25, 0.3) is 0 Å². The molecule has 0 aliphatic heterocycles. The topological polar surface area (TPSA) is 61.8 Å². The Morgan fingerprint density at radius 3 is 2.17 bits per heavy atom. The van der Waals surface area contributed by atoms with Gasteiger partial charge in [-0.15, -0.1) is 0 Å². The van der Waals surface area contributed by atoms with Crippen LogP contribution < -0.4 is 9.47 Å². The fourth-order valence-corrected chi connectivity index (χ4v) is 2.89. The fourth-order valence-electron chi connectivity index (χ4n) is 2.89. The Hall–Kier alpha value is -2.66. The molecule has 0 bridgehead atoms. The van der Waals surface area contributed by atoms with E-state index < -0.39 is 0 Å². The maximum absolute atomic E-state index is 12.9. The van der Waals surface area contributed by atoms with Crippen LogP contribution in [0.5, 0.6) is 11.5 Å². The number of ether oxygens (including phenoxy) is 3. The van der Waals surface area contributed by atoms with Crippen molar-refractivity contribution >= 4 is 11.6 Å². The average Bonchev–Trinajstić information content (AvgIpc) is 2.58. The zero-order valence-electron chi connectivity index (χ0n) is 13.1. The Morgan fingerprint density at radius 2 is 1.52 bits per heavy atom. The molecule has 1 aliphatic rings. The summed E-state index contributed by atoms with van der Waals surface area (Å²) in [6.45, 7) is 0.329. The highest BCUT2D eigenvalue weighted by molar-refractivity contribution is 6.30. The number of rotatable bonds is 4. The third-order valence-corrected chi connectivity index (χ3v) is 3.88. The van der Waals surface area contributed by atoms with E-state index in [4.69, 9.17) is 14.2 Å². The normalized spacial score (nSPS) is 12.7. The van der Waals surface area contributed by atoms with E-state index in [1.807, 2.05) is 0 Å². The number of hydrogen-bond acceptors (Lipinski definition) is 5. The lowest BCUT2D eigenvalue weighted by atomic mass is 9.82. The van der Waals surface area contributed by atoms with E-state index in [0.29, 0.717) is 29.2 Å². The molecule has 0 heterocycles. The van der Waals surface area contributed by atoms with Gasteiger partial charge >= 0.3 is 0 Å². The van der Waals surface area contributed by atoms with Crippen LogP contribution in [0, 0.1) is 0 Å². The minimum Gasteiger partial charge on any atom is -0.496 e. The summed E-state index contributed by atoms with van der Waals surface area (Å²) in [5.74, 6) is 0.261. The van der Waals surface area contributed by atoms with Crippen LogP contribution in [0.1, 0.15) is 37.4 Å². The number of methoxy groups -OCH3 is 3. The molecule has 0 radical (unpaired) electrons. The highest BCUT2D eigenvalue weighted by atomic mass is 16.5. The van der Waals surface area contributed by atoms with Gasteiger partial charge in [0.05, 0.1) is 32.0 Å². The predicted molar refractivity (Wildman–Crippen MR) is 83.6 cm³/mol. The molecular weight excluding hydrogens is 296 g/mol. The standard InChI is InChI=1S/C18H16O5/c1-21-9-10-7-12-16(14(8-10)23-3)18(20)15-11(17(12)19)5-4-6-13(15)22-2/h4-8H,9H2,1-3H3. The average molecular weight is 312 g/mol. The predicted octanol–water partition coefficient (Wildman–Crippen LogP) is 2.63. The van der Waals surface area contributed by atoms with Gasteiger partial charge in [-0.3, -0.25) is 9.59 Å². The number of benzene rings is 2. The Morgan fingerprint density at radius 1 is 0.826 bits per heavy atom. The molecule has 118 valence electrons. The summed E-state index contributed by atoms with van der Waals surface area (Å²) < 4.78 is 15.7. The van der Waals surface area contributed by atoms with E-state index in [-0.39, 0.29) is 22.7 Å². The van der Waals surface area contributed by atoms with Gasteiger partial charge in [-0.1, -0.05) is 12.1 Å². The van der Waals surface area contributed by atoms with E-state index in [0.717, 1.165) is 5.56 Å². The van der Waals surface area contributed by atoms with Crippen molar-refractivity contribution in [1.82, 2.24) is 0 Å². The number of carbonyl (C=O) groups is 2. The highest BCUT2D eigenvalue weighted by Gasteiger charge is 2.35. The summed E-state index contributed by atoms with van der Waals surface area (Å²) in [5, 5.41) is 0. The van der Waals surface area contributed by atoms with Crippen LogP contribution >= 0.6 is 0 Å². The van der Waals surface area contributed by atoms with Crippen molar-refractivity contribution in [3.05, 3.63) is 58.1 Å². The van der Waals surface area contributed by atoms with Crippen LogP contribution in [-0.2, 0) is 11.3 Å². The van der Waals surface area contributed by atoms with Gasteiger partial charge in [0.15, 0.2) is 5.78 Å². The summed E-state index contributed by atoms with van der Waals surface area (Å²) in [6.07, 6.45) is 0. The lowest BCUT2D eigenvalue weighted by Gasteiger charge is -2.22. The molecule has 0 spiro atoms. The Labute approximate surface area is 133 Å². The van der Waals surface area contributed by atoms with Gasteiger partial charge in [-0.05, 0) is 23.8 Å². The molecule has 0 amide bonds. The minimum atomic E-state index is -0.270. The van der Waals surface area contributed by atoms with Crippen molar-refractivity contribution in [2.45, 2.75) is 6.61 Å². The molecule has 2 aromatic rings. The van der Waals surface area contributed by atoms with E-state index in [2.05, 4.69) is 0 Å². The zero-order chi connectivity index (χ0) is 16.6. The molecule has 0 saturated carbocycles. The van der Waals surface area contributed by atoms with Gasteiger partial charge in [-0.2, -0.15) is 0 Å². The number of fused-ring (bicyclic) bond motifs is 2. The minimum absolute atomic E-state index is 0.218. The Bertz CT molecular complexity index is 807. The first-order valence-electron chi connectivity index (χ1n) is 7.08. The van der Waals surface area contributed by atoms with Crippen molar-refractivity contribution in [3.63, 3.8) is 0 Å². The van der Waals surface area contributed by atoms with Gasteiger partial charge < -0.3 is 14.2 Å². The first kappa shape index (κ1) is 15.2. The highest BCUT2D eigenvalue weighted by Crippen LogP contribution is 2.37. The molecule has 23 heavy (non-hydrogen) atoms. The quantitative estimate of drug-likeness (QED) is 0.741. The largest absolute Gasteiger partial charge is 0.496 e. The molecule has 0 fully saturated rings. The Balaban J connectivity index is 2.28. The van der Waals surface area contributed by atoms with Crippen LogP contribution in [0.4, 0.5) is 0 Å². The van der Waals surface area contributed by atoms with Crippen LogP contribution in [0.3, 0.4) is 0 Å². The molecule has 3 rings (SSSR count). The second-order valence-electron chi connectivity index (χ2n) is 5.19. The zero-order valence-corrected chi connectivity index (χ0v) is 13.1. The lowest BCUT2D eigenvalue weighted by molar-refractivity contribution is 0.0973. The molecular formula is C18H16O5. The smallest absolute Gasteiger partial charge is 0.201 e. The molecule has 1 aliphatic carbocycles. The lowest BCUT2D eigenvalue weighted by Crippen LogP contribution is -2.23. The molecule has 0 unspecified atom stereocenters. The van der Waals surface area contributed by atoms with Gasteiger partial charge in [-0.25, -0.2) is 0 Å².